The first kappa shape index (κ1) is 32.1. The highest BCUT2D eigenvalue weighted by molar-refractivity contribution is 7.90. The van der Waals surface area contributed by atoms with Crippen molar-refractivity contribution in [2.24, 2.45) is 0 Å². The predicted molar refractivity (Wildman–Crippen MR) is 169 cm³/mol. The van der Waals surface area contributed by atoms with Crippen LogP contribution in [0.25, 0.3) is 10.9 Å². The van der Waals surface area contributed by atoms with Gasteiger partial charge in [0.15, 0.2) is 9.84 Å². The fourth-order valence-electron chi connectivity index (χ4n) is 5.20. The first-order chi connectivity index (χ1) is 21.2. The van der Waals surface area contributed by atoms with Crippen LogP contribution < -0.4 is 5.32 Å². The minimum Gasteiger partial charge on any atom is -0.459 e. The van der Waals surface area contributed by atoms with Crippen molar-refractivity contribution >= 4 is 50.3 Å². The van der Waals surface area contributed by atoms with Crippen molar-refractivity contribution < 1.29 is 32.3 Å². The van der Waals surface area contributed by atoms with E-state index in [0.717, 1.165) is 22.9 Å². The molecule has 0 unspecified atom stereocenters. The summed E-state index contributed by atoms with van der Waals surface area (Å²) in [7, 11) is -3.50. The minimum absolute atomic E-state index is 0.00782. The molecule has 2 heterocycles. The zero-order valence-electron chi connectivity index (χ0n) is 25.4. The number of hydrogen-bond donors (Lipinski definition) is 1. The molecule has 0 saturated carbocycles. The van der Waals surface area contributed by atoms with Crippen LogP contribution in [0.1, 0.15) is 47.8 Å². The van der Waals surface area contributed by atoms with E-state index in [9.17, 15) is 22.8 Å². The van der Waals surface area contributed by atoms with E-state index in [1.54, 1.807) is 56.1 Å². The summed E-state index contributed by atoms with van der Waals surface area (Å²) in [5.41, 5.74) is 2.29. The van der Waals surface area contributed by atoms with Crippen LogP contribution >= 0.6 is 11.6 Å². The van der Waals surface area contributed by atoms with Crippen LogP contribution in [0.5, 0.6) is 0 Å². The molecular weight excluding hydrogens is 618 g/mol. The lowest BCUT2D eigenvalue weighted by molar-refractivity contribution is -0.147. The van der Waals surface area contributed by atoms with E-state index in [1.165, 1.54) is 12.1 Å². The Hall–Kier alpha value is -4.35. The molecule has 0 spiro atoms. The second-order valence-electron chi connectivity index (χ2n) is 12.0. The van der Waals surface area contributed by atoms with Crippen LogP contribution in [0, 0.1) is 0 Å². The number of nitrogens with zero attached hydrogens (tertiary/aromatic N) is 2. The molecule has 0 aliphatic carbocycles. The highest BCUT2D eigenvalue weighted by Gasteiger charge is 2.31. The number of ether oxygens (including phenoxy) is 2. The molecule has 10 nitrogen and oxygen atoms in total. The van der Waals surface area contributed by atoms with Crippen molar-refractivity contribution in [3.8, 4) is 0 Å². The SMILES string of the molecule is CC(C)(C)OC(=O)N1Cc2cc(Cl)c(C(=O)N[C@@H](Cc3cccc(S(C)(=O)=O)c3)C(=O)OCc3ccccc3)c3ccn(c23)C1. The molecule has 1 aliphatic heterocycles. The van der Waals surface area contributed by atoms with E-state index < -0.39 is 39.4 Å². The van der Waals surface area contributed by atoms with Gasteiger partial charge in [0.25, 0.3) is 5.91 Å². The molecule has 4 aromatic rings. The van der Waals surface area contributed by atoms with Crippen LogP contribution in [-0.4, -0.2) is 53.8 Å². The monoisotopic (exact) mass is 651 g/mol. The second-order valence-corrected chi connectivity index (χ2v) is 14.4. The second kappa shape index (κ2) is 12.6. The van der Waals surface area contributed by atoms with E-state index in [-0.39, 0.29) is 41.7 Å². The van der Waals surface area contributed by atoms with Gasteiger partial charge in [0.2, 0.25) is 0 Å². The number of esters is 1. The Balaban J connectivity index is 1.42. The number of benzene rings is 3. The van der Waals surface area contributed by atoms with E-state index in [4.69, 9.17) is 21.1 Å². The van der Waals surface area contributed by atoms with E-state index in [1.807, 2.05) is 34.9 Å². The maximum absolute atomic E-state index is 13.8. The third-order valence-electron chi connectivity index (χ3n) is 7.22. The summed E-state index contributed by atoms with van der Waals surface area (Å²) in [5, 5.41) is 3.50. The number of nitrogens with one attached hydrogen (secondary N) is 1. The Morgan fingerprint density at radius 3 is 2.40 bits per heavy atom. The van der Waals surface area contributed by atoms with Gasteiger partial charge < -0.3 is 19.4 Å². The fourth-order valence-corrected chi connectivity index (χ4v) is 6.21. The fraction of sp³-hybridized carbons (Fsp3) is 0.303. The van der Waals surface area contributed by atoms with Gasteiger partial charge in [0.05, 0.1) is 27.5 Å². The van der Waals surface area contributed by atoms with Gasteiger partial charge >= 0.3 is 12.1 Å². The molecule has 0 bridgehead atoms. The Labute approximate surface area is 266 Å². The summed E-state index contributed by atoms with van der Waals surface area (Å²) < 4.78 is 37.3. The molecular formula is C33H34ClN3O7S. The van der Waals surface area contributed by atoms with Crippen LogP contribution in [-0.2, 0) is 50.3 Å². The molecule has 1 aliphatic rings. The van der Waals surface area contributed by atoms with Crippen LogP contribution in [0.2, 0.25) is 5.02 Å². The van der Waals surface area contributed by atoms with Crippen molar-refractivity contribution in [2.75, 3.05) is 6.26 Å². The Morgan fingerprint density at radius 1 is 1.00 bits per heavy atom. The molecule has 0 fully saturated rings. The van der Waals surface area contributed by atoms with Gasteiger partial charge in [0, 0.05) is 24.3 Å². The van der Waals surface area contributed by atoms with Crippen molar-refractivity contribution in [1.82, 2.24) is 14.8 Å². The molecule has 0 saturated heterocycles. The average molecular weight is 652 g/mol. The zero-order chi connectivity index (χ0) is 32.5. The van der Waals surface area contributed by atoms with E-state index in [0.29, 0.717) is 10.9 Å². The van der Waals surface area contributed by atoms with Gasteiger partial charge in [-0.2, -0.15) is 0 Å². The number of halogens is 1. The number of hydrogen-bond acceptors (Lipinski definition) is 7. The number of carbonyl (C=O) groups is 3. The molecule has 1 aromatic heterocycles. The molecule has 3 aromatic carbocycles. The van der Waals surface area contributed by atoms with Gasteiger partial charge in [-0.25, -0.2) is 18.0 Å². The minimum atomic E-state index is -3.50. The summed E-state index contributed by atoms with van der Waals surface area (Å²) >= 11 is 6.70. The summed E-state index contributed by atoms with van der Waals surface area (Å²) in [4.78, 5) is 41.7. The van der Waals surface area contributed by atoms with E-state index in [2.05, 4.69) is 5.32 Å². The molecule has 2 amide bonds. The molecule has 45 heavy (non-hydrogen) atoms. The summed E-state index contributed by atoms with van der Waals surface area (Å²) in [6.45, 7) is 5.84. The third kappa shape index (κ3) is 7.49. The van der Waals surface area contributed by atoms with Gasteiger partial charge in [-0.3, -0.25) is 9.69 Å². The van der Waals surface area contributed by atoms with Crippen LogP contribution in [0.4, 0.5) is 4.79 Å². The van der Waals surface area contributed by atoms with Gasteiger partial charge in [-0.15, -0.1) is 0 Å². The normalized spacial score (nSPS) is 13.8. The first-order valence-corrected chi connectivity index (χ1v) is 16.5. The van der Waals surface area contributed by atoms with Crippen LogP contribution in [0.3, 0.4) is 0 Å². The summed E-state index contributed by atoms with van der Waals surface area (Å²) in [6, 6.07) is 17.6. The first-order valence-electron chi connectivity index (χ1n) is 14.3. The predicted octanol–water partition coefficient (Wildman–Crippen LogP) is 5.49. The molecule has 1 N–H and O–H groups in total. The molecule has 1 atom stereocenters. The average Bonchev–Trinajstić information content (AvgIpc) is 3.39. The maximum Gasteiger partial charge on any atom is 0.412 e. The topological polar surface area (TPSA) is 124 Å². The summed E-state index contributed by atoms with van der Waals surface area (Å²) in [5.74, 6) is -1.28. The largest absolute Gasteiger partial charge is 0.459 e. The number of rotatable bonds is 8. The number of carbonyl (C=O) groups excluding carboxylic acids is 3. The highest BCUT2D eigenvalue weighted by Crippen LogP contribution is 2.34. The number of aromatic nitrogens is 1. The van der Waals surface area contributed by atoms with E-state index >= 15 is 0 Å². The third-order valence-corrected chi connectivity index (χ3v) is 8.63. The van der Waals surface area contributed by atoms with Crippen molar-refractivity contribution in [3.05, 3.63) is 100 Å². The van der Waals surface area contributed by atoms with Gasteiger partial charge in [0.1, 0.15) is 24.9 Å². The zero-order valence-corrected chi connectivity index (χ0v) is 26.9. The number of sulfone groups is 1. The maximum atomic E-state index is 13.8. The van der Waals surface area contributed by atoms with Gasteiger partial charge in [-0.05, 0) is 61.7 Å². The Bertz CT molecular complexity index is 1880. The summed E-state index contributed by atoms with van der Waals surface area (Å²) in [6.07, 6.45) is 2.38. The molecule has 12 heteroatoms. The molecule has 236 valence electrons. The highest BCUT2D eigenvalue weighted by atomic mass is 35.5. The van der Waals surface area contributed by atoms with Crippen molar-refractivity contribution in [1.29, 1.82) is 0 Å². The lowest BCUT2D eigenvalue weighted by Crippen LogP contribution is -2.43. The molecule has 0 radical (unpaired) electrons. The lowest BCUT2D eigenvalue weighted by atomic mass is 10.0. The standard InChI is InChI=1S/C33H34ClN3O7S/c1-33(2,3)44-32(40)37-18-23-17-26(34)28(25-13-14-36(20-37)29(23)25)30(38)35-27(31(39)43-19-21-9-6-5-7-10-21)16-22-11-8-12-24(15-22)45(4,41)42/h5-15,17,27H,16,18-20H2,1-4H3,(H,35,38)/t27-/m0/s1. The Kier molecular flexibility index (Phi) is 8.95. The smallest absolute Gasteiger partial charge is 0.412 e. The van der Waals surface area contributed by atoms with Gasteiger partial charge in [-0.1, -0.05) is 54.1 Å². The van der Waals surface area contributed by atoms with Crippen molar-refractivity contribution in [3.63, 3.8) is 0 Å². The van der Waals surface area contributed by atoms with Crippen LogP contribution in [0.15, 0.2) is 77.8 Å². The number of amides is 2. The Morgan fingerprint density at radius 2 is 1.71 bits per heavy atom. The quantitative estimate of drug-likeness (QED) is 0.250. The van der Waals surface area contributed by atoms with Crippen molar-refractivity contribution in [2.45, 2.75) is 63.6 Å². The molecule has 5 rings (SSSR count). The lowest BCUT2D eigenvalue weighted by Gasteiger charge is -2.31.